The summed E-state index contributed by atoms with van der Waals surface area (Å²) in [5, 5.41) is 6.98. The summed E-state index contributed by atoms with van der Waals surface area (Å²) in [5.41, 5.74) is 2.53. The number of carbonyl (C=O) groups excluding carboxylic acids is 1. The minimum absolute atomic E-state index is 0.0393. The van der Waals surface area contributed by atoms with Crippen molar-refractivity contribution in [3.63, 3.8) is 0 Å². The number of amides is 1. The van der Waals surface area contributed by atoms with Crippen LogP contribution < -0.4 is 10.6 Å². The van der Waals surface area contributed by atoms with Crippen LogP contribution in [-0.4, -0.2) is 11.3 Å². The van der Waals surface area contributed by atoms with E-state index in [-0.39, 0.29) is 23.4 Å². The third kappa shape index (κ3) is 2.30. The SMILES string of the molecule is CC1CCC2=C(C1)SC1NC(c3ccccc3)NC(=O)C21. The quantitative estimate of drug-likeness (QED) is 0.837. The maximum Gasteiger partial charge on any atom is 0.231 e. The second kappa shape index (κ2) is 5.18. The van der Waals surface area contributed by atoms with Crippen LogP contribution in [0.15, 0.2) is 40.8 Å². The molecule has 1 fully saturated rings. The lowest BCUT2D eigenvalue weighted by atomic mass is 9.83. The topological polar surface area (TPSA) is 41.1 Å². The summed E-state index contributed by atoms with van der Waals surface area (Å²) in [6, 6.07) is 10.2. The molecule has 0 spiro atoms. The normalized spacial score (nSPS) is 35.2. The molecule has 2 N–H and O–H groups in total. The molecular weight excluding hydrogens is 280 g/mol. The number of hydrogen-bond donors (Lipinski definition) is 2. The smallest absolute Gasteiger partial charge is 0.231 e. The molecule has 4 unspecified atom stereocenters. The van der Waals surface area contributed by atoms with Crippen molar-refractivity contribution < 1.29 is 4.79 Å². The Kier molecular flexibility index (Phi) is 3.31. The van der Waals surface area contributed by atoms with Crippen molar-refractivity contribution >= 4 is 17.7 Å². The second-order valence-corrected chi connectivity index (χ2v) is 7.57. The van der Waals surface area contributed by atoms with Gasteiger partial charge in [0.05, 0.1) is 11.3 Å². The van der Waals surface area contributed by atoms with E-state index in [2.05, 4.69) is 29.7 Å². The highest BCUT2D eigenvalue weighted by Gasteiger charge is 2.45. The van der Waals surface area contributed by atoms with E-state index < -0.39 is 0 Å². The Morgan fingerprint density at radius 2 is 2.05 bits per heavy atom. The van der Waals surface area contributed by atoms with E-state index in [0.29, 0.717) is 0 Å². The van der Waals surface area contributed by atoms with Gasteiger partial charge in [0.15, 0.2) is 0 Å². The van der Waals surface area contributed by atoms with Gasteiger partial charge in [-0.2, -0.15) is 0 Å². The lowest BCUT2D eigenvalue weighted by molar-refractivity contribution is -0.127. The predicted octanol–water partition coefficient (Wildman–Crippen LogP) is 3.17. The van der Waals surface area contributed by atoms with Crippen LogP contribution >= 0.6 is 11.8 Å². The van der Waals surface area contributed by atoms with Crippen LogP contribution in [0.3, 0.4) is 0 Å². The van der Waals surface area contributed by atoms with Crippen molar-refractivity contribution in [2.75, 3.05) is 0 Å². The molecule has 4 atom stereocenters. The van der Waals surface area contributed by atoms with Gasteiger partial charge in [-0.05, 0) is 41.2 Å². The third-order valence-electron chi connectivity index (χ3n) is 4.78. The molecular formula is C17H20N2OS. The van der Waals surface area contributed by atoms with Crippen molar-refractivity contribution in [2.24, 2.45) is 11.8 Å². The Morgan fingerprint density at radius 3 is 2.86 bits per heavy atom. The first-order valence-corrected chi connectivity index (χ1v) is 8.60. The van der Waals surface area contributed by atoms with Crippen molar-refractivity contribution in [2.45, 2.75) is 37.7 Å². The van der Waals surface area contributed by atoms with E-state index in [1.165, 1.54) is 16.9 Å². The van der Waals surface area contributed by atoms with Crippen molar-refractivity contribution in [3.8, 4) is 0 Å². The van der Waals surface area contributed by atoms with Crippen molar-refractivity contribution in [1.82, 2.24) is 10.6 Å². The van der Waals surface area contributed by atoms with Crippen LogP contribution in [-0.2, 0) is 4.79 Å². The number of rotatable bonds is 1. The second-order valence-electron chi connectivity index (χ2n) is 6.33. The summed E-state index contributed by atoms with van der Waals surface area (Å²) < 4.78 is 0. The molecule has 0 radical (unpaired) electrons. The number of carbonyl (C=O) groups is 1. The molecule has 1 saturated heterocycles. The molecule has 4 rings (SSSR count). The van der Waals surface area contributed by atoms with Crippen LogP contribution in [0.4, 0.5) is 0 Å². The average molecular weight is 300 g/mol. The molecule has 21 heavy (non-hydrogen) atoms. The largest absolute Gasteiger partial charge is 0.336 e. The summed E-state index contributed by atoms with van der Waals surface area (Å²) >= 11 is 1.89. The van der Waals surface area contributed by atoms with Crippen LogP contribution in [0, 0.1) is 11.8 Å². The predicted molar refractivity (Wildman–Crippen MR) is 85.4 cm³/mol. The molecule has 3 nitrogen and oxygen atoms in total. The van der Waals surface area contributed by atoms with Crippen LogP contribution in [0.2, 0.25) is 0 Å². The fraction of sp³-hybridized carbons (Fsp3) is 0.471. The van der Waals surface area contributed by atoms with Gasteiger partial charge in [-0.1, -0.05) is 37.3 Å². The van der Waals surface area contributed by atoms with Gasteiger partial charge in [0, 0.05) is 0 Å². The number of benzene rings is 1. The monoisotopic (exact) mass is 300 g/mol. The summed E-state index contributed by atoms with van der Waals surface area (Å²) in [7, 11) is 0. The van der Waals surface area contributed by atoms with Gasteiger partial charge in [-0.25, -0.2) is 0 Å². The summed E-state index contributed by atoms with van der Waals surface area (Å²) in [5.74, 6) is 0.988. The van der Waals surface area contributed by atoms with E-state index in [0.717, 1.165) is 24.3 Å². The first kappa shape index (κ1) is 13.4. The molecule has 0 saturated carbocycles. The third-order valence-corrected chi connectivity index (χ3v) is 6.15. The minimum Gasteiger partial charge on any atom is -0.336 e. The molecule has 4 heteroatoms. The molecule has 2 aliphatic heterocycles. The number of hydrogen-bond acceptors (Lipinski definition) is 3. The zero-order valence-electron chi connectivity index (χ0n) is 12.1. The Bertz CT molecular complexity index is 598. The lowest BCUT2D eigenvalue weighted by Crippen LogP contribution is -2.54. The first-order chi connectivity index (χ1) is 10.2. The molecule has 110 valence electrons. The Labute approximate surface area is 129 Å². The zero-order chi connectivity index (χ0) is 14.4. The Hall–Kier alpha value is -1.26. The molecule has 1 aromatic rings. The van der Waals surface area contributed by atoms with Gasteiger partial charge in [0.2, 0.25) is 5.91 Å². The molecule has 2 heterocycles. The van der Waals surface area contributed by atoms with Crippen molar-refractivity contribution in [3.05, 3.63) is 46.4 Å². The maximum atomic E-state index is 12.6. The summed E-state index contributed by atoms with van der Waals surface area (Å²) in [6.07, 6.45) is 3.40. The fourth-order valence-electron chi connectivity index (χ4n) is 3.64. The summed E-state index contributed by atoms with van der Waals surface area (Å²) in [6.45, 7) is 2.31. The number of allylic oxidation sites excluding steroid dienone is 1. The van der Waals surface area contributed by atoms with Gasteiger partial charge in [-0.15, -0.1) is 11.8 Å². The van der Waals surface area contributed by atoms with Gasteiger partial charge in [0.1, 0.15) is 6.17 Å². The fourth-order valence-corrected chi connectivity index (χ4v) is 5.33. The maximum absolute atomic E-state index is 12.6. The standard InChI is InChI=1S/C17H20N2OS/c1-10-7-8-12-13(9-10)21-17-14(12)16(20)18-15(19-17)11-5-3-2-4-6-11/h2-6,10,14-15,17,19H,7-9H2,1H3,(H,18,20). The van der Waals surface area contributed by atoms with Crippen molar-refractivity contribution in [1.29, 1.82) is 0 Å². The van der Waals surface area contributed by atoms with Gasteiger partial charge < -0.3 is 5.32 Å². The van der Waals surface area contributed by atoms with Crippen LogP contribution in [0.1, 0.15) is 37.9 Å². The Balaban J connectivity index is 1.58. The Morgan fingerprint density at radius 1 is 1.24 bits per heavy atom. The summed E-state index contributed by atoms with van der Waals surface area (Å²) in [4.78, 5) is 14.1. The molecule has 0 bridgehead atoms. The highest BCUT2D eigenvalue weighted by Crippen LogP contribution is 2.50. The first-order valence-electron chi connectivity index (χ1n) is 7.72. The van der Waals surface area contributed by atoms with Crippen LogP contribution in [0.5, 0.6) is 0 Å². The van der Waals surface area contributed by atoms with Gasteiger partial charge in [0.25, 0.3) is 0 Å². The van der Waals surface area contributed by atoms with Gasteiger partial charge >= 0.3 is 0 Å². The molecule has 1 aromatic carbocycles. The zero-order valence-corrected chi connectivity index (χ0v) is 13.0. The van der Waals surface area contributed by atoms with E-state index in [4.69, 9.17) is 0 Å². The van der Waals surface area contributed by atoms with E-state index >= 15 is 0 Å². The number of thioether (sulfide) groups is 1. The average Bonchev–Trinajstić information content (AvgIpc) is 2.85. The highest BCUT2D eigenvalue weighted by atomic mass is 32.2. The molecule has 0 aromatic heterocycles. The van der Waals surface area contributed by atoms with E-state index in [1.807, 2.05) is 30.0 Å². The number of fused-ring (bicyclic) bond motifs is 2. The minimum atomic E-state index is -0.0637. The van der Waals surface area contributed by atoms with E-state index in [1.54, 1.807) is 0 Å². The highest BCUT2D eigenvalue weighted by molar-refractivity contribution is 8.04. The number of nitrogens with one attached hydrogen (secondary N) is 2. The van der Waals surface area contributed by atoms with Crippen LogP contribution in [0.25, 0.3) is 0 Å². The molecule has 1 amide bonds. The van der Waals surface area contributed by atoms with Gasteiger partial charge in [-0.3, -0.25) is 10.1 Å². The lowest BCUT2D eigenvalue weighted by Gasteiger charge is -2.34. The molecule has 1 aliphatic carbocycles. The molecule has 3 aliphatic rings. The van der Waals surface area contributed by atoms with E-state index in [9.17, 15) is 4.79 Å².